The van der Waals surface area contributed by atoms with Crippen molar-refractivity contribution in [3.05, 3.63) is 0 Å². The molecular weight excluding hydrogens is 258 g/mol. The van der Waals surface area contributed by atoms with E-state index in [1.807, 2.05) is 0 Å². The van der Waals surface area contributed by atoms with Crippen LogP contribution >= 0.6 is 0 Å². The topological polar surface area (TPSA) is 18.5 Å². The average Bonchev–Trinajstić information content (AvgIpc) is 2.47. The number of hydrogen-bond acceptors (Lipinski definition) is 3. The zero-order valence-electron chi connectivity index (χ0n) is 14.8. The molecule has 3 nitrogen and oxygen atoms in total. The third kappa shape index (κ3) is 4.67. The van der Waals surface area contributed by atoms with Crippen LogP contribution in [-0.4, -0.2) is 62.2 Å². The third-order valence-electron chi connectivity index (χ3n) is 5.92. The lowest BCUT2D eigenvalue weighted by molar-refractivity contribution is 0.0398. The van der Waals surface area contributed by atoms with Crippen LogP contribution in [0.25, 0.3) is 0 Å². The lowest BCUT2D eigenvalue weighted by Crippen LogP contribution is -2.54. The summed E-state index contributed by atoms with van der Waals surface area (Å²) in [7, 11) is 2.13. The second-order valence-electron chi connectivity index (χ2n) is 7.80. The smallest absolute Gasteiger partial charge is 0.0113 e. The largest absolute Gasteiger partial charge is 0.319 e. The van der Waals surface area contributed by atoms with Crippen LogP contribution in [0.5, 0.6) is 0 Å². The van der Waals surface area contributed by atoms with Crippen LogP contribution in [0.4, 0.5) is 0 Å². The van der Waals surface area contributed by atoms with Gasteiger partial charge in [-0.25, -0.2) is 0 Å². The van der Waals surface area contributed by atoms with Crippen LogP contribution in [0.2, 0.25) is 0 Å². The van der Waals surface area contributed by atoms with Crippen LogP contribution in [0, 0.1) is 11.3 Å². The maximum absolute atomic E-state index is 3.49. The van der Waals surface area contributed by atoms with Gasteiger partial charge in [-0.1, -0.05) is 26.7 Å². The highest BCUT2D eigenvalue weighted by Crippen LogP contribution is 2.39. The molecule has 0 amide bonds. The van der Waals surface area contributed by atoms with Crippen molar-refractivity contribution in [3.63, 3.8) is 0 Å². The number of hydrogen-bond donors (Lipinski definition) is 1. The minimum Gasteiger partial charge on any atom is -0.319 e. The second kappa shape index (κ2) is 7.94. The van der Waals surface area contributed by atoms with E-state index in [-0.39, 0.29) is 0 Å². The summed E-state index contributed by atoms with van der Waals surface area (Å²) in [5.74, 6) is 0.911. The van der Waals surface area contributed by atoms with Crippen LogP contribution in [0.1, 0.15) is 52.9 Å². The van der Waals surface area contributed by atoms with E-state index in [2.05, 4.69) is 42.9 Å². The summed E-state index contributed by atoms with van der Waals surface area (Å²) < 4.78 is 0. The maximum atomic E-state index is 3.49. The molecule has 3 heteroatoms. The molecule has 1 N–H and O–H groups in total. The van der Waals surface area contributed by atoms with Crippen LogP contribution in [0.3, 0.4) is 0 Å². The van der Waals surface area contributed by atoms with Gasteiger partial charge in [0, 0.05) is 45.3 Å². The van der Waals surface area contributed by atoms with Gasteiger partial charge in [0.2, 0.25) is 0 Å². The molecule has 3 unspecified atom stereocenters. The molecule has 1 aliphatic heterocycles. The normalized spacial score (nSPS) is 34.0. The monoisotopic (exact) mass is 295 g/mol. The molecule has 0 radical (unpaired) electrons. The second-order valence-corrected chi connectivity index (χ2v) is 7.80. The quantitative estimate of drug-likeness (QED) is 0.813. The van der Waals surface area contributed by atoms with E-state index >= 15 is 0 Å². The van der Waals surface area contributed by atoms with Crippen molar-refractivity contribution in [2.75, 3.05) is 46.3 Å². The van der Waals surface area contributed by atoms with E-state index in [1.54, 1.807) is 0 Å². The first-order chi connectivity index (χ1) is 10.1. The first-order valence-electron chi connectivity index (χ1n) is 9.19. The summed E-state index contributed by atoms with van der Waals surface area (Å²) >= 11 is 0. The highest BCUT2D eigenvalue weighted by Gasteiger charge is 2.36. The summed E-state index contributed by atoms with van der Waals surface area (Å²) in [6, 6.07) is 0.758. The Labute approximate surface area is 132 Å². The lowest BCUT2D eigenvalue weighted by Gasteiger charge is -2.46. The van der Waals surface area contributed by atoms with E-state index in [9.17, 15) is 0 Å². The molecular formula is C18H37N3. The first-order valence-corrected chi connectivity index (χ1v) is 9.19. The van der Waals surface area contributed by atoms with E-state index in [1.165, 1.54) is 71.4 Å². The van der Waals surface area contributed by atoms with E-state index in [0.717, 1.165) is 12.0 Å². The first kappa shape index (κ1) is 17.2. The van der Waals surface area contributed by atoms with Gasteiger partial charge in [0.15, 0.2) is 0 Å². The summed E-state index contributed by atoms with van der Waals surface area (Å²) in [4.78, 5) is 5.42. The number of rotatable bonds is 6. The van der Waals surface area contributed by atoms with E-state index in [0.29, 0.717) is 5.41 Å². The summed E-state index contributed by atoms with van der Waals surface area (Å²) in [5, 5.41) is 3.49. The van der Waals surface area contributed by atoms with Gasteiger partial charge in [-0.2, -0.15) is 0 Å². The highest BCUT2D eigenvalue weighted by atomic mass is 15.3. The Balaban J connectivity index is 1.87. The molecule has 1 aliphatic carbocycles. The maximum Gasteiger partial charge on any atom is 0.0113 e. The predicted molar refractivity (Wildman–Crippen MR) is 91.8 cm³/mol. The molecule has 0 bridgehead atoms. The molecule has 0 aromatic rings. The van der Waals surface area contributed by atoms with Gasteiger partial charge in [-0.3, -0.25) is 4.90 Å². The minimum absolute atomic E-state index is 0.533. The molecule has 124 valence electrons. The Morgan fingerprint density at radius 1 is 1.24 bits per heavy atom. The van der Waals surface area contributed by atoms with Gasteiger partial charge in [0.25, 0.3) is 0 Å². The van der Waals surface area contributed by atoms with Crippen molar-refractivity contribution >= 4 is 0 Å². The zero-order valence-corrected chi connectivity index (χ0v) is 14.8. The Morgan fingerprint density at radius 2 is 1.95 bits per heavy atom. The molecule has 0 spiro atoms. The summed E-state index contributed by atoms with van der Waals surface area (Å²) in [6.07, 6.45) is 6.98. The van der Waals surface area contributed by atoms with E-state index < -0.39 is 0 Å². The minimum atomic E-state index is 0.533. The fraction of sp³-hybridized carbons (Fsp3) is 1.00. The Kier molecular flexibility index (Phi) is 6.51. The number of nitrogens with zero attached hydrogens (tertiary/aromatic N) is 2. The average molecular weight is 296 g/mol. The molecule has 0 aromatic carbocycles. The SMILES string of the molecule is CCC(C)N1CCN(CC2(CNC)CCCC(C)C2)CC1. The van der Waals surface area contributed by atoms with Gasteiger partial charge in [-0.15, -0.1) is 0 Å². The van der Waals surface area contributed by atoms with Crippen molar-refractivity contribution in [3.8, 4) is 0 Å². The number of nitrogens with one attached hydrogen (secondary N) is 1. The third-order valence-corrected chi connectivity index (χ3v) is 5.92. The van der Waals surface area contributed by atoms with Crippen molar-refractivity contribution in [1.29, 1.82) is 0 Å². The molecule has 2 fully saturated rings. The van der Waals surface area contributed by atoms with Crippen molar-refractivity contribution in [2.24, 2.45) is 11.3 Å². The van der Waals surface area contributed by atoms with Gasteiger partial charge >= 0.3 is 0 Å². The van der Waals surface area contributed by atoms with Gasteiger partial charge < -0.3 is 10.2 Å². The predicted octanol–water partition coefficient (Wildman–Crippen LogP) is 2.82. The molecule has 1 heterocycles. The van der Waals surface area contributed by atoms with Crippen LogP contribution in [0.15, 0.2) is 0 Å². The van der Waals surface area contributed by atoms with Gasteiger partial charge in [0.05, 0.1) is 0 Å². The molecule has 1 saturated heterocycles. The molecule has 2 aliphatic rings. The standard InChI is InChI=1S/C18H37N3/c1-5-17(3)21-11-9-20(10-12-21)15-18(14-19-4)8-6-7-16(2)13-18/h16-17,19H,5-15H2,1-4H3. The molecule has 21 heavy (non-hydrogen) atoms. The van der Waals surface area contributed by atoms with Crippen molar-refractivity contribution in [1.82, 2.24) is 15.1 Å². The van der Waals surface area contributed by atoms with Crippen molar-refractivity contribution in [2.45, 2.75) is 58.9 Å². The Morgan fingerprint density at radius 3 is 2.52 bits per heavy atom. The number of piperazine rings is 1. The fourth-order valence-electron chi connectivity index (χ4n) is 4.60. The van der Waals surface area contributed by atoms with Crippen LogP contribution in [-0.2, 0) is 0 Å². The van der Waals surface area contributed by atoms with Gasteiger partial charge in [-0.05, 0) is 44.6 Å². The zero-order chi connectivity index (χ0) is 15.3. The van der Waals surface area contributed by atoms with Crippen LogP contribution < -0.4 is 5.32 Å². The highest BCUT2D eigenvalue weighted by molar-refractivity contribution is 4.91. The Hall–Kier alpha value is -0.120. The summed E-state index contributed by atoms with van der Waals surface area (Å²) in [6.45, 7) is 14.7. The molecule has 2 rings (SSSR count). The van der Waals surface area contributed by atoms with E-state index in [4.69, 9.17) is 0 Å². The lowest BCUT2D eigenvalue weighted by atomic mass is 9.69. The molecule has 3 atom stereocenters. The fourth-order valence-corrected chi connectivity index (χ4v) is 4.60. The Bertz CT molecular complexity index is 295. The van der Waals surface area contributed by atoms with Gasteiger partial charge in [0.1, 0.15) is 0 Å². The molecule has 0 aromatic heterocycles. The summed E-state index contributed by atoms with van der Waals surface area (Å²) in [5.41, 5.74) is 0.533. The van der Waals surface area contributed by atoms with Crippen molar-refractivity contribution < 1.29 is 0 Å². The molecule has 1 saturated carbocycles.